The van der Waals surface area contributed by atoms with Crippen LogP contribution in [0.2, 0.25) is 0 Å². The van der Waals surface area contributed by atoms with Crippen molar-refractivity contribution in [2.45, 2.75) is 11.6 Å². The van der Waals surface area contributed by atoms with Crippen LogP contribution in [0.25, 0.3) is 10.9 Å². The topological polar surface area (TPSA) is 34.0 Å². The predicted molar refractivity (Wildman–Crippen MR) is 66.1 cm³/mol. The highest BCUT2D eigenvalue weighted by molar-refractivity contribution is 7.99. The summed E-state index contributed by atoms with van der Waals surface area (Å²) in [6, 6.07) is 8.10. The van der Waals surface area contributed by atoms with Crippen molar-refractivity contribution in [2.24, 2.45) is 0 Å². The molecule has 0 aliphatic carbocycles. The molecule has 0 atom stereocenters. The van der Waals surface area contributed by atoms with Gasteiger partial charge in [-0.15, -0.1) is 11.8 Å². The number of rotatable bonds is 1. The van der Waals surface area contributed by atoms with Gasteiger partial charge in [-0.3, -0.25) is 4.79 Å². The molecule has 3 rings (SSSR count). The first kappa shape index (κ1) is 9.78. The van der Waals surface area contributed by atoms with E-state index in [0.717, 1.165) is 28.3 Å². The monoisotopic (exact) mass is 232 g/mol. The average Bonchev–Trinajstić information content (AvgIpc) is 2.87. The molecule has 0 unspecified atom stereocenters. The molecule has 1 aliphatic rings. The third-order valence-electron chi connectivity index (χ3n) is 2.93. The first-order chi connectivity index (χ1) is 7.83. The van der Waals surface area contributed by atoms with Crippen LogP contribution in [0.5, 0.6) is 0 Å². The Morgan fingerprint density at radius 1 is 1.44 bits per heavy atom. The maximum atomic E-state index is 11.9. The number of hydrogen-bond acceptors (Lipinski definition) is 2. The summed E-state index contributed by atoms with van der Waals surface area (Å²) in [5.41, 5.74) is 2.00. The predicted octanol–water partition coefficient (Wildman–Crippen LogP) is 2.11. The second-order valence-electron chi connectivity index (χ2n) is 3.78. The van der Waals surface area contributed by atoms with Gasteiger partial charge in [0.2, 0.25) is 0 Å². The summed E-state index contributed by atoms with van der Waals surface area (Å²) in [6.07, 6.45) is 0. The zero-order valence-electron chi connectivity index (χ0n) is 8.99. The molecule has 2 aromatic rings. The number of nitrogens with zero attached hydrogens (tertiary/aromatic N) is 1. The molecule has 0 radical (unpaired) electrons. The van der Waals surface area contributed by atoms with Crippen LogP contribution in [0.4, 0.5) is 0 Å². The van der Waals surface area contributed by atoms with Crippen molar-refractivity contribution in [3.8, 4) is 0 Å². The minimum atomic E-state index is 0.0133. The zero-order chi connectivity index (χ0) is 11.1. The fourth-order valence-corrected chi connectivity index (χ4v) is 3.39. The van der Waals surface area contributed by atoms with E-state index in [0.29, 0.717) is 0 Å². The molecule has 1 aromatic heterocycles. The molecular formula is C12H12N2OS. The Morgan fingerprint density at radius 2 is 2.25 bits per heavy atom. The van der Waals surface area contributed by atoms with Crippen molar-refractivity contribution < 1.29 is 4.79 Å². The van der Waals surface area contributed by atoms with Crippen molar-refractivity contribution in [1.82, 2.24) is 9.88 Å². The van der Waals surface area contributed by atoms with Gasteiger partial charge in [-0.2, -0.15) is 0 Å². The van der Waals surface area contributed by atoms with E-state index < -0.39 is 0 Å². The van der Waals surface area contributed by atoms with Crippen molar-refractivity contribution in [2.75, 3.05) is 12.8 Å². The number of para-hydroxylation sites is 1. The number of carbonyl (C=O) groups excluding carboxylic acids is 1. The van der Waals surface area contributed by atoms with E-state index in [1.54, 1.807) is 18.8 Å². The fraction of sp³-hybridized carbons (Fsp3) is 0.250. The Labute approximate surface area is 97.8 Å². The molecule has 16 heavy (non-hydrogen) atoms. The van der Waals surface area contributed by atoms with Gasteiger partial charge in [-0.05, 0) is 6.07 Å². The number of thioether (sulfide) groups is 1. The van der Waals surface area contributed by atoms with Crippen molar-refractivity contribution in [3.63, 3.8) is 0 Å². The first-order valence-electron chi connectivity index (χ1n) is 5.29. The number of carbonyl (C=O) groups is 1. The van der Waals surface area contributed by atoms with Crippen LogP contribution in [0, 0.1) is 0 Å². The highest BCUT2D eigenvalue weighted by Gasteiger charge is 2.24. The number of hydrogen-bond donors (Lipinski definition) is 1. The van der Waals surface area contributed by atoms with Crippen LogP contribution in [-0.4, -0.2) is 23.3 Å². The van der Waals surface area contributed by atoms with Crippen molar-refractivity contribution >= 4 is 28.6 Å². The maximum Gasteiger partial charge on any atom is 0.254 e. The molecule has 1 N–H and O–H groups in total. The molecule has 0 saturated heterocycles. The Bertz CT molecular complexity index is 574. The van der Waals surface area contributed by atoms with E-state index in [1.165, 1.54) is 5.52 Å². The van der Waals surface area contributed by atoms with Gasteiger partial charge in [0, 0.05) is 30.2 Å². The molecule has 1 amide bonds. The van der Waals surface area contributed by atoms with E-state index in [9.17, 15) is 4.79 Å². The molecule has 3 nitrogen and oxygen atoms in total. The summed E-state index contributed by atoms with van der Waals surface area (Å²) in [5, 5.41) is 4.89. The summed E-state index contributed by atoms with van der Waals surface area (Å²) in [4.78, 5) is 11.9. The van der Waals surface area contributed by atoms with Gasteiger partial charge in [0.05, 0.1) is 10.6 Å². The van der Waals surface area contributed by atoms with Gasteiger partial charge in [0.25, 0.3) is 5.91 Å². The summed E-state index contributed by atoms with van der Waals surface area (Å²) >= 11 is 1.77. The molecule has 1 aliphatic heterocycles. The third-order valence-corrected chi connectivity index (χ3v) is 4.02. The van der Waals surface area contributed by atoms with E-state index in [1.807, 2.05) is 18.2 Å². The van der Waals surface area contributed by atoms with Crippen LogP contribution >= 0.6 is 11.8 Å². The largest absolute Gasteiger partial charge is 0.355 e. The molecule has 0 bridgehead atoms. The Kier molecular flexibility index (Phi) is 2.17. The van der Waals surface area contributed by atoms with Crippen LogP contribution in [0.1, 0.15) is 10.4 Å². The van der Waals surface area contributed by atoms with E-state index in [4.69, 9.17) is 0 Å². The highest BCUT2D eigenvalue weighted by Crippen LogP contribution is 2.37. The van der Waals surface area contributed by atoms with Crippen LogP contribution < -0.4 is 5.32 Å². The van der Waals surface area contributed by atoms with Gasteiger partial charge >= 0.3 is 0 Å². The van der Waals surface area contributed by atoms with Crippen molar-refractivity contribution in [3.05, 3.63) is 29.8 Å². The number of nitrogens with one attached hydrogen (secondary N) is 1. The second-order valence-corrected chi connectivity index (χ2v) is 4.86. The van der Waals surface area contributed by atoms with E-state index >= 15 is 0 Å². The molecule has 0 saturated carbocycles. The number of amides is 1. The first-order valence-corrected chi connectivity index (χ1v) is 6.27. The van der Waals surface area contributed by atoms with E-state index in [-0.39, 0.29) is 5.91 Å². The Balaban J connectivity index is 2.37. The fourth-order valence-electron chi connectivity index (χ4n) is 2.23. The average molecular weight is 232 g/mol. The minimum Gasteiger partial charge on any atom is -0.355 e. The van der Waals surface area contributed by atoms with Crippen LogP contribution in [0.3, 0.4) is 0 Å². The van der Waals surface area contributed by atoms with Gasteiger partial charge in [-0.25, -0.2) is 0 Å². The van der Waals surface area contributed by atoms with Gasteiger partial charge in [-0.1, -0.05) is 18.2 Å². The quantitative estimate of drug-likeness (QED) is 0.817. The van der Waals surface area contributed by atoms with Gasteiger partial charge < -0.3 is 9.88 Å². The normalized spacial score (nSPS) is 14.1. The smallest absolute Gasteiger partial charge is 0.254 e. The lowest BCUT2D eigenvalue weighted by molar-refractivity contribution is 0.0961. The van der Waals surface area contributed by atoms with Gasteiger partial charge in [0.1, 0.15) is 0 Å². The van der Waals surface area contributed by atoms with Crippen LogP contribution in [-0.2, 0) is 6.54 Å². The summed E-state index contributed by atoms with van der Waals surface area (Å²) in [7, 11) is 1.68. The molecule has 4 heteroatoms. The minimum absolute atomic E-state index is 0.0133. The second kappa shape index (κ2) is 3.56. The standard InChI is InChI=1S/C12H12N2OS/c1-13-11(15)10-8-4-2-3-5-9(8)14-6-7-16-12(10)14/h2-5H,6-7H2,1H3,(H,13,15). The Hall–Kier alpha value is -1.42. The van der Waals surface area contributed by atoms with Gasteiger partial charge in [0.15, 0.2) is 0 Å². The molecule has 2 heterocycles. The van der Waals surface area contributed by atoms with Crippen molar-refractivity contribution in [1.29, 1.82) is 0 Å². The molecule has 0 fully saturated rings. The molecular weight excluding hydrogens is 220 g/mol. The molecule has 0 spiro atoms. The third kappa shape index (κ3) is 1.19. The summed E-state index contributed by atoms with van der Waals surface area (Å²) in [5.74, 6) is 1.07. The number of aryl methyl sites for hydroxylation is 1. The zero-order valence-corrected chi connectivity index (χ0v) is 9.80. The SMILES string of the molecule is CNC(=O)c1c2n(c3ccccc13)CCS2. The lowest BCUT2D eigenvalue weighted by Gasteiger charge is -1.99. The molecule has 82 valence electrons. The lowest BCUT2D eigenvalue weighted by Crippen LogP contribution is -2.18. The number of benzene rings is 1. The molecule has 1 aromatic carbocycles. The summed E-state index contributed by atoms with van der Waals surface area (Å²) < 4.78 is 2.24. The number of aromatic nitrogens is 1. The Morgan fingerprint density at radius 3 is 3.06 bits per heavy atom. The highest BCUT2D eigenvalue weighted by atomic mass is 32.2. The lowest BCUT2D eigenvalue weighted by atomic mass is 10.1. The summed E-state index contributed by atoms with van der Waals surface area (Å²) in [6.45, 7) is 0.998. The van der Waals surface area contributed by atoms with Crippen LogP contribution in [0.15, 0.2) is 29.3 Å². The van der Waals surface area contributed by atoms with E-state index in [2.05, 4.69) is 16.0 Å². The maximum absolute atomic E-state index is 11.9. The number of fused-ring (bicyclic) bond motifs is 3.